The summed E-state index contributed by atoms with van der Waals surface area (Å²) in [4.78, 5) is 15.5. The third-order valence-corrected chi connectivity index (χ3v) is 6.45. The Hall–Kier alpha value is -1.92. The number of fused-ring (bicyclic) bond motifs is 5. The second kappa shape index (κ2) is 6.91. The molecule has 0 spiro atoms. The van der Waals surface area contributed by atoms with Crippen LogP contribution >= 0.6 is 0 Å². The van der Waals surface area contributed by atoms with Crippen LogP contribution in [0.3, 0.4) is 0 Å². The van der Waals surface area contributed by atoms with Crippen molar-refractivity contribution in [1.82, 2.24) is 14.8 Å². The average molecular weight is 371 g/mol. The lowest BCUT2D eigenvalue weighted by Crippen LogP contribution is -2.61. The van der Waals surface area contributed by atoms with Gasteiger partial charge in [-0.15, -0.1) is 0 Å². The number of carbonyl (C=O) groups is 1. The zero-order chi connectivity index (χ0) is 18.4. The summed E-state index contributed by atoms with van der Waals surface area (Å²) < 4.78 is 20.9. The van der Waals surface area contributed by atoms with Crippen LogP contribution in [0.15, 0.2) is 24.3 Å². The molecule has 0 saturated carbocycles. The maximum absolute atomic E-state index is 13.2. The Labute approximate surface area is 158 Å². The Kier molecular flexibility index (Phi) is 4.40. The number of ether oxygens (including phenoxy) is 1. The molecular formula is C21H26FN3O2. The lowest BCUT2D eigenvalue weighted by molar-refractivity contribution is -0.0813. The van der Waals surface area contributed by atoms with Crippen molar-refractivity contribution in [2.24, 2.45) is 0 Å². The molecule has 1 N–H and O–H groups in total. The van der Waals surface area contributed by atoms with Crippen LogP contribution in [0.25, 0.3) is 10.9 Å². The fourth-order valence-electron chi connectivity index (χ4n) is 5.36. The number of hydrogen-bond acceptors (Lipinski definition) is 3. The molecule has 2 bridgehead atoms. The second-order valence-electron chi connectivity index (χ2n) is 8.01. The lowest BCUT2D eigenvalue weighted by Gasteiger charge is -2.48. The first-order chi connectivity index (χ1) is 13.3. The molecule has 0 aliphatic carbocycles. The van der Waals surface area contributed by atoms with Gasteiger partial charge in [-0.1, -0.05) is 18.2 Å². The van der Waals surface area contributed by atoms with E-state index in [0.29, 0.717) is 19.8 Å². The van der Waals surface area contributed by atoms with E-state index in [9.17, 15) is 9.18 Å². The lowest BCUT2D eigenvalue weighted by atomic mass is 9.89. The van der Waals surface area contributed by atoms with Crippen molar-refractivity contribution in [2.45, 2.75) is 50.4 Å². The fraction of sp³-hybridized carbons (Fsp3) is 0.571. The minimum Gasteiger partial charge on any atom is -0.378 e. The number of nitrogens with one attached hydrogen (secondary N) is 1. The van der Waals surface area contributed by atoms with Crippen molar-refractivity contribution in [3.8, 4) is 0 Å². The van der Waals surface area contributed by atoms with Gasteiger partial charge in [-0.05, 0) is 31.7 Å². The minimum atomic E-state index is -0.326. The molecule has 5 rings (SSSR count). The fourth-order valence-corrected chi connectivity index (χ4v) is 5.36. The highest BCUT2D eigenvalue weighted by Crippen LogP contribution is 2.32. The van der Waals surface area contributed by atoms with Gasteiger partial charge in [0.25, 0.3) is 5.91 Å². The SMILES string of the molecule is O=C(NC1CC2COCC(C1)N2CCF)c1c2n(c3ccccc13)CCC2. The highest BCUT2D eigenvalue weighted by Gasteiger charge is 2.39. The number of morpholine rings is 1. The van der Waals surface area contributed by atoms with Crippen molar-refractivity contribution >= 4 is 16.8 Å². The largest absolute Gasteiger partial charge is 0.378 e. The Morgan fingerprint density at radius 3 is 2.78 bits per heavy atom. The number of rotatable bonds is 4. The third kappa shape index (κ3) is 2.86. The Balaban J connectivity index is 1.38. The summed E-state index contributed by atoms with van der Waals surface area (Å²) in [6, 6.07) is 8.75. The van der Waals surface area contributed by atoms with Gasteiger partial charge in [-0.3, -0.25) is 9.69 Å². The molecule has 1 amide bonds. The molecule has 2 fully saturated rings. The van der Waals surface area contributed by atoms with E-state index in [-0.39, 0.29) is 30.7 Å². The molecule has 3 aliphatic rings. The molecule has 27 heavy (non-hydrogen) atoms. The molecule has 144 valence electrons. The van der Waals surface area contributed by atoms with Crippen LogP contribution in [0.2, 0.25) is 0 Å². The molecular weight excluding hydrogens is 345 g/mol. The summed E-state index contributed by atoms with van der Waals surface area (Å²) in [5, 5.41) is 4.36. The molecule has 0 radical (unpaired) electrons. The normalized spacial score (nSPS) is 27.7. The van der Waals surface area contributed by atoms with Crippen LogP contribution in [0.1, 0.15) is 35.3 Å². The van der Waals surface area contributed by atoms with Gasteiger partial charge in [-0.2, -0.15) is 0 Å². The Morgan fingerprint density at radius 1 is 1.22 bits per heavy atom. The standard InChI is InChI=1S/C21H26FN3O2/c22-7-9-24-15-10-14(11-16(24)13-27-12-15)23-21(26)20-17-4-1-2-5-18(17)25-8-3-6-19(20)25/h1-2,4-5,14-16H,3,6-13H2,(H,23,26). The van der Waals surface area contributed by atoms with Crippen molar-refractivity contribution < 1.29 is 13.9 Å². The zero-order valence-electron chi connectivity index (χ0n) is 15.5. The molecule has 2 saturated heterocycles. The van der Waals surface area contributed by atoms with E-state index in [2.05, 4.69) is 26.9 Å². The number of alkyl halides is 1. The second-order valence-corrected chi connectivity index (χ2v) is 8.01. The Morgan fingerprint density at radius 2 is 2.00 bits per heavy atom. The topological polar surface area (TPSA) is 46.5 Å². The van der Waals surface area contributed by atoms with Crippen LogP contribution in [-0.2, 0) is 17.7 Å². The number of halogens is 1. The maximum atomic E-state index is 13.2. The predicted molar refractivity (Wildman–Crippen MR) is 102 cm³/mol. The predicted octanol–water partition coefficient (Wildman–Crippen LogP) is 2.52. The van der Waals surface area contributed by atoms with Gasteiger partial charge in [0, 0.05) is 47.8 Å². The third-order valence-electron chi connectivity index (χ3n) is 6.45. The molecule has 4 heterocycles. The molecule has 2 unspecified atom stereocenters. The number of hydrogen-bond donors (Lipinski definition) is 1. The highest BCUT2D eigenvalue weighted by molar-refractivity contribution is 6.08. The van der Waals surface area contributed by atoms with Gasteiger partial charge in [-0.25, -0.2) is 4.39 Å². The molecule has 1 aromatic heterocycles. The van der Waals surface area contributed by atoms with Crippen LogP contribution in [0, 0.1) is 0 Å². The minimum absolute atomic E-state index is 0.0461. The van der Waals surface area contributed by atoms with Gasteiger partial charge < -0.3 is 14.6 Å². The number of carbonyl (C=O) groups excluding carboxylic acids is 1. The van der Waals surface area contributed by atoms with E-state index in [4.69, 9.17) is 4.74 Å². The number of aromatic nitrogens is 1. The van der Waals surface area contributed by atoms with Crippen molar-refractivity contribution in [2.75, 3.05) is 26.4 Å². The Bertz CT molecular complexity index is 850. The zero-order valence-corrected chi connectivity index (χ0v) is 15.5. The van der Waals surface area contributed by atoms with Gasteiger partial charge >= 0.3 is 0 Å². The van der Waals surface area contributed by atoms with E-state index in [1.54, 1.807) is 0 Å². The molecule has 2 aromatic rings. The van der Waals surface area contributed by atoms with E-state index in [1.165, 1.54) is 5.69 Å². The van der Waals surface area contributed by atoms with Gasteiger partial charge in [0.1, 0.15) is 6.67 Å². The number of benzene rings is 1. The van der Waals surface area contributed by atoms with Gasteiger partial charge in [0.15, 0.2) is 0 Å². The summed E-state index contributed by atoms with van der Waals surface area (Å²) in [6.45, 7) is 2.40. The first-order valence-corrected chi connectivity index (χ1v) is 10.1. The maximum Gasteiger partial charge on any atom is 0.253 e. The van der Waals surface area contributed by atoms with Crippen molar-refractivity contribution in [1.29, 1.82) is 0 Å². The van der Waals surface area contributed by atoms with Gasteiger partial charge in [0.05, 0.1) is 18.8 Å². The number of piperidine rings is 1. The average Bonchev–Trinajstić information content (AvgIpc) is 3.23. The monoisotopic (exact) mass is 371 g/mol. The van der Waals surface area contributed by atoms with Crippen LogP contribution in [0.4, 0.5) is 4.39 Å². The summed E-state index contributed by atoms with van der Waals surface area (Å²) in [5.41, 5.74) is 3.20. The molecule has 3 aliphatic heterocycles. The quantitative estimate of drug-likeness (QED) is 0.898. The molecule has 2 atom stereocenters. The number of para-hydroxylation sites is 1. The van der Waals surface area contributed by atoms with Gasteiger partial charge in [0.2, 0.25) is 0 Å². The number of amides is 1. The van der Waals surface area contributed by atoms with E-state index in [0.717, 1.165) is 48.7 Å². The summed E-state index contributed by atoms with van der Waals surface area (Å²) in [6.07, 6.45) is 3.72. The van der Waals surface area contributed by atoms with E-state index < -0.39 is 0 Å². The first-order valence-electron chi connectivity index (χ1n) is 10.1. The molecule has 5 nitrogen and oxygen atoms in total. The van der Waals surface area contributed by atoms with E-state index >= 15 is 0 Å². The number of aryl methyl sites for hydroxylation is 1. The van der Waals surface area contributed by atoms with Crippen molar-refractivity contribution in [3.05, 3.63) is 35.5 Å². The summed E-state index contributed by atoms with van der Waals surface area (Å²) in [7, 11) is 0. The van der Waals surface area contributed by atoms with E-state index in [1.807, 2.05) is 12.1 Å². The van der Waals surface area contributed by atoms with Crippen molar-refractivity contribution in [3.63, 3.8) is 0 Å². The first kappa shape index (κ1) is 17.2. The van der Waals surface area contributed by atoms with Crippen LogP contribution in [-0.4, -0.2) is 59.9 Å². The molecule has 1 aromatic carbocycles. The molecule has 6 heteroatoms. The summed E-state index contributed by atoms with van der Waals surface area (Å²) >= 11 is 0. The summed E-state index contributed by atoms with van der Waals surface area (Å²) in [5.74, 6) is 0.0461. The van der Waals surface area contributed by atoms with Crippen LogP contribution in [0.5, 0.6) is 0 Å². The smallest absolute Gasteiger partial charge is 0.253 e. The van der Waals surface area contributed by atoms with Crippen LogP contribution < -0.4 is 5.32 Å². The highest BCUT2D eigenvalue weighted by atomic mass is 19.1. The number of nitrogens with zero attached hydrogens (tertiary/aromatic N) is 2.